The van der Waals surface area contributed by atoms with Gasteiger partial charge < -0.3 is 9.80 Å². The molecule has 2 aliphatic rings. The van der Waals surface area contributed by atoms with Crippen molar-refractivity contribution in [1.82, 2.24) is 19.9 Å². The van der Waals surface area contributed by atoms with Gasteiger partial charge in [-0.05, 0) is 37.3 Å². The molecule has 0 bridgehead atoms. The Labute approximate surface area is 191 Å². The van der Waals surface area contributed by atoms with E-state index >= 15 is 0 Å². The zero-order chi connectivity index (χ0) is 22.2. The van der Waals surface area contributed by atoms with Crippen LogP contribution in [0.4, 0.5) is 5.82 Å². The van der Waals surface area contributed by atoms with E-state index in [1.165, 1.54) is 12.3 Å². The highest BCUT2D eigenvalue weighted by molar-refractivity contribution is 7.90. The maximum absolute atomic E-state index is 13.0. The summed E-state index contributed by atoms with van der Waals surface area (Å²) in [4.78, 5) is 29.5. The Bertz CT molecular complexity index is 1070. The Hall–Kier alpha value is -1.97. The summed E-state index contributed by atoms with van der Waals surface area (Å²) in [6.45, 7) is 2.22. The highest BCUT2D eigenvalue weighted by Gasteiger charge is 2.37. The van der Waals surface area contributed by atoms with Gasteiger partial charge in [0.15, 0.2) is 25.8 Å². The maximum atomic E-state index is 13.0. The number of nitrogens with zero attached hydrogens (tertiary/aromatic N) is 5. The number of amides is 1. The first kappa shape index (κ1) is 22.2. The monoisotopic (exact) mass is 483 g/mol. The third-order valence-corrected chi connectivity index (χ3v) is 7.33. The molecule has 4 rings (SSSR count). The zero-order valence-electron chi connectivity index (χ0n) is 17.0. The summed E-state index contributed by atoms with van der Waals surface area (Å²) in [5.41, 5.74) is 0.873. The molecule has 1 amide bonds. The number of carbonyl (C=O) groups excluding carboxylic acids is 1. The van der Waals surface area contributed by atoms with E-state index in [9.17, 15) is 13.2 Å². The molecule has 2 saturated heterocycles. The van der Waals surface area contributed by atoms with Gasteiger partial charge in [0.05, 0.1) is 6.20 Å². The fraction of sp³-hybridized carbons (Fsp3) is 0.500. The van der Waals surface area contributed by atoms with Crippen LogP contribution < -0.4 is 4.90 Å². The van der Waals surface area contributed by atoms with Crippen LogP contribution in [0.25, 0.3) is 0 Å². The molecule has 0 aliphatic carbocycles. The first-order valence-electron chi connectivity index (χ1n) is 10.1. The van der Waals surface area contributed by atoms with E-state index < -0.39 is 9.84 Å². The van der Waals surface area contributed by atoms with Crippen LogP contribution in [0.5, 0.6) is 0 Å². The van der Waals surface area contributed by atoms with Gasteiger partial charge in [0.25, 0.3) is 0 Å². The normalized spacial score (nSPS) is 20.5. The van der Waals surface area contributed by atoms with Crippen LogP contribution in [-0.4, -0.2) is 66.1 Å². The Morgan fingerprint density at radius 3 is 2.42 bits per heavy atom. The second-order valence-electron chi connectivity index (χ2n) is 8.02. The lowest BCUT2D eigenvalue weighted by atomic mass is 9.99. The Morgan fingerprint density at radius 2 is 1.81 bits per heavy atom. The van der Waals surface area contributed by atoms with Crippen LogP contribution in [0.2, 0.25) is 10.3 Å². The number of piperidine rings is 1. The van der Waals surface area contributed by atoms with Gasteiger partial charge in [-0.3, -0.25) is 4.79 Å². The molecular weight excluding hydrogens is 461 g/mol. The molecule has 2 aromatic heterocycles. The van der Waals surface area contributed by atoms with Crippen molar-refractivity contribution in [2.75, 3.05) is 30.8 Å². The topological polar surface area (TPSA) is 96.4 Å². The number of aromatic nitrogens is 3. The molecule has 0 unspecified atom stereocenters. The van der Waals surface area contributed by atoms with E-state index in [1.54, 1.807) is 12.3 Å². The molecule has 0 N–H and O–H groups in total. The Kier molecular flexibility index (Phi) is 6.37. The molecule has 0 saturated carbocycles. The lowest BCUT2D eigenvalue weighted by Crippen LogP contribution is -2.46. The summed E-state index contributed by atoms with van der Waals surface area (Å²) < 4.78 is 23.1. The average molecular weight is 484 g/mol. The molecule has 11 heteroatoms. The minimum Gasteiger partial charge on any atom is -0.354 e. The highest BCUT2D eigenvalue weighted by Crippen LogP contribution is 2.31. The first-order valence-corrected chi connectivity index (χ1v) is 12.8. The van der Waals surface area contributed by atoms with E-state index in [1.807, 2.05) is 4.90 Å². The minimum absolute atomic E-state index is 0.0489. The van der Waals surface area contributed by atoms with Crippen molar-refractivity contribution >= 4 is 44.8 Å². The van der Waals surface area contributed by atoms with Crippen molar-refractivity contribution in [2.24, 2.45) is 5.92 Å². The molecule has 31 heavy (non-hydrogen) atoms. The van der Waals surface area contributed by atoms with E-state index in [0.29, 0.717) is 17.4 Å². The summed E-state index contributed by atoms with van der Waals surface area (Å²) in [5.74, 6) is 0.690. The SMILES string of the molecule is CS(=O)(=O)c1ccc(C[C@H]2CCN(C3CCN(c4ncc(Cl)nc4Cl)CC3)C2=O)cn1. The molecule has 8 nitrogen and oxygen atoms in total. The van der Waals surface area contributed by atoms with Gasteiger partial charge in [0.1, 0.15) is 5.15 Å². The largest absolute Gasteiger partial charge is 0.354 e. The second-order valence-corrected chi connectivity index (χ2v) is 10.7. The third kappa shape index (κ3) is 4.94. The van der Waals surface area contributed by atoms with Gasteiger partial charge in [-0.25, -0.2) is 23.4 Å². The second kappa shape index (κ2) is 8.88. The summed E-state index contributed by atoms with van der Waals surface area (Å²) in [6.07, 6.45) is 7.21. The molecule has 4 heterocycles. The number of halogens is 2. The first-order chi connectivity index (χ1) is 14.7. The van der Waals surface area contributed by atoms with Crippen molar-refractivity contribution in [2.45, 2.75) is 36.8 Å². The molecule has 2 fully saturated rings. The zero-order valence-corrected chi connectivity index (χ0v) is 19.4. The Morgan fingerprint density at radius 1 is 1.06 bits per heavy atom. The quantitative estimate of drug-likeness (QED) is 0.644. The highest BCUT2D eigenvalue weighted by atomic mass is 35.5. The summed E-state index contributed by atoms with van der Waals surface area (Å²) in [6, 6.07) is 3.44. The van der Waals surface area contributed by atoms with Crippen LogP contribution in [0, 0.1) is 5.92 Å². The van der Waals surface area contributed by atoms with Crippen LogP contribution in [0.1, 0.15) is 24.8 Å². The number of carbonyl (C=O) groups is 1. The van der Waals surface area contributed by atoms with Crippen molar-refractivity contribution in [3.63, 3.8) is 0 Å². The van der Waals surface area contributed by atoms with E-state index in [2.05, 4.69) is 19.9 Å². The third-order valence-electron chi connectivity index (χ3n) is 5.90. The Balaban J connectivity index is 1.34. The fourth-order valence-corrected chi connectivity index (χ4v) is 5.29. The number of rotatable bonds is 5. The van der Waals surface area contributed by atoms with Gasteiger partial charge in [0, 0.05) is 44.0 Å². The van der Waals surface area contributed by atoms with E-state index in [4.69, 9.17) is 23.2 Å². The standard InChI is InChI=1S/C20H23Cl2N5O3S/c1-31(29,30)17-3-2-13(11-23-17)10-14-4-9-27(20(14)28)15-5-7-26(8-6-15)19-18(22)25-16(21)12-24-19/h2-3,11-12,14-15H,4-10H2,1H3/t14-/m1/s1. The summed E-state index contributed by atoms with van der Waals surface area (Å²) in [7, 11) is -3.32. The lowest BCUT2D eigenvalue weighted by Gasteiger charge is -2.37. The van der Waals surface area contributed by atoms with E-state index in [0.717, 1.165) is 50.7 Å². The lowest BCUT2D eigenvalue weighted by molar-refractivity contribution is -0.133. The number of likely N-dealkylation sites (tertiary alicyclic amines) is 1. The van der Waals surface area contributed by atoms with Crippen LogP contribution in [0.15, 0.2) is 29.6 Å². The average Bonchev–Trinajstić information content (AvgIpc) is 3.08. The van der Waals surface area contributed by atoms with Gasteiger partial charge in [-0.2, -0.15) is 0 Å². The molecule has 0 spiro atoms. The predicted molar refractivity (Wildman–Crippen MR) is 118 cm³/mol. The van der Waals surface area contributed by atoms with Gasteiger partial charge >= 0.3 is 0 Å². The number of anilines is 1. The van der Waals surface area contributed by atoms with Crippen LogP contribution >= 0.6 is 23.2 Å². The molecule has 0 aromatic carbocycles. The predicted octanol–water partition coefficient (Wildman–Crippen LogP) is 2.64. The number of sulfone groups is 1. The minimum atomic E-state index is -3.32. The van der Waals surface area contributed by atoms with Gasteiger partial charge in [-0.1, -0.05) is 29.3 Å². The van der Waals surface area contributed by atoms with Crippen molar-refractivity contribution in [1.29, 1.82) is 0 Å². The summed E-state index contributed by atoms with van der Waals surface area (Å²) in [5, 5.41) is 0.602. The number of pyridine rings is 1. The van der Waals surface area contributed by atoms with Gasteiger partial charge in [-0.15, -0.1) is 0 Å². The molecule has 166 valence electrons. The molecule has 1 atom stereocenters. The van der Waals surface area contributed by atoms with Crippen molar-refractivity contribution < 1.29 is 13.2 Å². The maximum Gasteiger partial charge on any atom is 0.226 e. The molecule has 2 aliphatic heterocycles. The molecule has 0 radical (unpaired) electrons. The van der Waals surface area contributed by atoms with Gasteiger partial charge in [0.2, 0.25) is 5.91 Å². The number of hydrogen-bond donors (Lipinski definition) is 0. The smallest absolute Gasteiger partial charge is 0.226 e. The fourth-order valence-electron chi connectivity index (χ4n) is 4.29. The summed E-state index contributed by atoms with van der Waals surface area (Å²) >= 11 is 12.0. The van der Waals surface area contributed by atoms with Crippen LogP contribution in [-0.2, 0) is 21.1 Å². The number of hydrogen-bond acceptors (Lipinski definition) is 7. The van der Waals surface area contributed by atoms with Crippen LogP contribution in [0.3, 0.4) is 0 Å². The van der Waals surface area contributed by atoms with Crippen molar-refractivity contribution in [3.8, 4) is 0 Å². The molecular formula is C20H23Cl2N5O3S. The van der Waals surface area contributed by atoms with Crippen molar-refractivity contribution in [3.05, 3.63) is 40.4 Å². The van der Waals surface area contributed by atoms with E-state index in [-0.39, 0.29) is 28.0 Å². The molecule has 2 aromatic rings.